The molecule has 4 heteroatoms. The van der Waals surface area contributed by atoms with Gasteiger partial charge in [0.05, 0.1) is 0 Å². The molecule has 0 unspecified atom stereocenters. The summed E-state index contributed by atoms with van der Waals surface area (Å²) >= 11 is 0. The van der Waals surface area contributed by atoms with Crippen LogP contribution >= 0.6 is 0 Å². The molecule has 0 aliphatic rings. The first kappa shape index (κ1) is 12.6. The molecule has 0 aliphatic heterocycles. The van der Waals surface area contributed by atoms with E-state index in [-0.39, 0.29) is 17.6 Å². The van der Waals surface area contributed by atoms with Crippen molar-refractivity contribution >= 4 is 11.7 Å². The van der Waals surface area contributed by atoms with Gasteiger partial charge in [-0.2, -0.15) is 0 Å². The Hall–Kier alpha value is -1.45. The van der Waals surface area contributed by atoms with Crippen molar-refractivity contribution in [3.8, 4) is 0 Å². The van der Waals surface area contributed by atoms with Crippen molar-refractivity contribution < 1.29 is 9.18 Å². The molecule has 1 aromatic rings. The summed E-state index contributed by atoms with van der Waals surface area (Å²) in [5.41, 5.74) is 0.745. The van der Waals surface area contributed by atoms with Crippen LogP contribution in [0.5, 0.6) is 0 Å². The van der Waals surface area contributed by atoms with E-state index in [0.29, 0.717) is 6.54 Å². The molecule has 0 saturated carbocycles. The number of aryl methyl sites for hydroxylation is 1. The fourth-order valence-electron chi connectivity index (χ4n) is 1.45. The predicted molar refractivity (Wildman–Crippen MR) is 61.8 cm³/mol. The summed E-state index contributed by atoms with van der Waals surface area (Å²) in [5, 5.41) is 0. The van der Waals surface area contributed by atoms with Crippen LogP contribution in [-0.4, -0.2) is 17.4 Å². The Morgan fingerprint density at radius 3 is 2.62 bits per heavy atom. The second kappa shape index (κ2) is 5.05. The molecule has 0 fully saturated rings. The van der Waals surface area contributed by atoms with Gasteiger partial charge in [0.25, 0.3) is 0 Å². The van der Waals surface area contributed by atoms with E-state index in [1.165, 1.54) is 17.9 Å². The molecular formula is C12H17FN2O. The molecule has 0 atom stereocenters. The van der Waals surface area contributed by atoms with Gasteiger partial charge in [0, 0.05) is 19.7 Å². The lowest BCUT2D eigenvalue weighted by atomic mass is 10.2. The quantitative estimate of drug-likeness (QED) is 0.790. The highest BCUT2D eigenvalue weighted by atomic mass is 19.1. The van der Waals surface area contributed by atoms with Crippen molar-refractivity contribution in [2.45, 2.75) is 27.7 Å². The maximum atomic E-state index is 13.7. The van der Waals surface area contributed by atoms with Crippen LogP contribution in [0.4, 0.5) is 10.2 Å². The Labute approximate surface area is 95.3 Å². The normalized spacial score (nSPS) is 10.6. The van der Waals surface area contributed by atoms with Crippen molar-refractivity contribution in [2.24, 2.45) is 5.92 Å². The smallest absolute Gasteiger partial charge is 0.225 e. The van der Waals surface area contributed by atoms with Crippen LogP contribution in [0.15, 0.2) is 12.3 Å². The molecule has 0 radical (unpaired) electrons. The highest BCUT2D eigenvalue weighted by molar-refractivity contribution is 5.90. The molecule has 1 heterocycles. The van der Waals surface area contributed by atoms with Crippen LogP contribution < -0.4 is 4.90 Å². The Kier molecular flexibility index (Phi) is 3.99. The molecule has 1 rings (SSSR count). The van der Waals surface area contributed by atoms with Gasteiger partial charge >= 0.3 is 0 Å². The molecule has 3 nitrogen and oxygen atoms in total. The fourth-order valence-corrected chi connectivity index (χ4v) is 1.45. The molecule has 1 amide bonds. The second-order valence-electron chi connectivity index (χ2n) is 4.34. The SMILES string of the molecule is CC(=O)N(CC(C)C)c1ncc(C)cc1F. The van der Waals surface area contributed by atoms with Gasteiger partial charge in [-0.25, -0.2) is 9.37 Å². The van der Waals surface area contributed by atoms with Crippen LogP contribution in [0.1, 0.15) is 26.3 Å². The van der Waals surface area contributed by atoms with Crippen molar-refractivity contribution in [3.63, 3.8) is 0 Å². The number of nitrogens with zero attached hydrogens (tertiary/aromatic N) is 2. The number of aromatic nitrogens is 1. The number of hydrogen-bond donors (Lipinski definition) is 0. The topological polar surface area (TPSA) is 33.2 Å². The Morgan fingerprint density at radius 1 is 1.56 bits per heavy atom. The van der Waals surface area contributed by atoms with Crippen molar-refractivity contribution in [2.75, 3.05) is 11.4 Å². The van der Waals surface area contributed by atoms with E-state index in [1.807, 2.05) is 13.8 Å². The van der Waals surface area contributed by atoms with Crippen LogP contribution in [0.25, 0.3) is 0 Å². The van der Waals surface area contributed by atoms with Gasteiger partial charge < -0.3 is 0 Å². The Balaban J connectivity index is 3.06. The highest BCUT2D eigenvalue weighted by Crippen LogP contribution is 2.18. The maximum Gasteiger partial charge on any atom is 0.225 e. The summed E-state index contributed by atoms with van der Waals surface area (Å²) in [6.45, 7) is 7.61. The molecule has 0 bridgehead atoms. The number of pyridine rings is 1. The van der Waals surface area contributed by atoms with E-state index in [0.717, 1.165) is 5.56 Å². The molecular weight excluding hydrogens is 207 g/mol. The molecule has 0 aliphatic carbocycles. The van der Waals surface area contributed by atoms with E-state index in [2.05, 4.69) is 4.98 Å². The summed E-state index contributed by atoms with van der Waals surface area (Å²) in [4.78, 5) is 16.8. The van der Waals surface area contributed by atoms with Gasteiger partial charge in [-0.3, -0.25) is 9.69 Å². The molecule has 16 heavy (non-hydrogen) atoms. The summed E-state index contributed by atoms with van der Waals surface area (Å²) in [5.74, 6) is -0.252. The molecule has 1 aromatic heterocycles. The minimum Gasteiger partial charge on any atom is -0.294 e. The number of hydrogen-bond acceptors (Lipinski definition) is 2. The molecule has 0 aromatic carbocycles. The van der Waals surface area contributed by atoms with Crippen molar-refractivity contribution in [1.82, 2.24) is 4.98 Å². The summed E-state index contributed by atoms with van der Waals surface area (Å²) < 4.78 is 13.7. The van der Waals surface area contributed by atoms with Gasteiger partial charge in [0.2, 0.25) is 5.91 Å². The Morgan fingerprint density at radius 2 is 2.19 bits per heavy atom. The summed E-state index contributed by atoms with van der Waals surface area (Å²) in [6.07, 6.45) is 1.56. The lowest BCUT2D eigenvalue weighted by Crippen LogP contribution is -2.33. The molecule has 0 saturated heterocycles. The summed E-state index contributed by atoms with van der Waals surface area (Å²) in [6, 6.07) is 1.39. The standard InChI is InChI=1S/C12H17FN2O/c1-8(2)7-15(10(4)16)12-11(13)5-9(3)6-14-12/h5-6,8H,7H2,1-4H3. The number of anilines is 1. The average molecular weight is 224 g/mol. The monoisotopic (exact) mass is 224 g/mol. The molecule has 0 N–H and O–H groups in total. The zero-order chi connectivity index (χ0) is 12.3. The zero-order valence-corrected chi connectivity index (χ0v) is 10.1. The lowest BCUT2D eigenvalue weighted by Gasteiger charge is -2.22. The van der Waals surface area contributed by atoms with Gasteiger partial charge in [-0.1, -0.05) is 13.8 Å². The third kappa shape index (κ3) is 3.02. The minimum absolute atomic E-state index is 0.117. The largest absolute Gasteiger partial charge is 0.294 e. The first-order chi connectivity index (χ1) is 7.41. The van der Waals surface area contributed by atoms with E-state index < -0.39 is 5.82 Å². The lowest BCUT2D eigenvalue weighted by molar-refractivity contribution is -0.116. The third-order valence-electron chi connectivity index (χ3n) is 2.14. The van der Waals surface area contributed by atoms with Crippen molar-refractivity contribution in [1.29, 1.82) is 0 Å². The van der Waals surface area contributed by atoms with Crippen molar-refractivity contribution in [3.05, 3.63) is 23.6 Å². The van der Waals surface area contributed by atoms with Crippen LogP contribution in [0.3, 0.4) is 0 Å². The number of carbonyl (C=O) groups is 1. The molecule has 88 valence electrons. The van der Waals surface area contributed by atoms with E-state index in [4.69, 9.17) is 0 Å². The van der Waals surface area contributed by atoms with Gasteiger partial charge in [0.15, 0.2) is 11.6 Å². The number of rotatable bonds is 3. The Bertz CT molecular complexity index is 391. The van der Waals surface area contributed by atoms with Crippen LogP contribution in [-0.2, 0) is 4.79 Å². The molecule has 0 spiro atoms. The van der Waals surface area contributed by atoms with Crippen LogP contribution in [0, 0.1) is 18.7 Å². The number of carbonyl (C=O) groups excluding carboxylic acids is 1. The zero-order valence-electron chi connectivity index (χ0n) is 10.1. The van der Waals surface area contributed by atoms with Crippen LogP contribution in [0.2, 0.25) is 0 Å². The number of halogens is 1. The van der Waals surface area contributed by atoms with E-state index >= 15 is 0 Å². The van der Waals surface area contributed by atoms with E-state index in [1.54, 1.807) is 13.1 Å². The van der Waals surface area contributed by atoms with Gasteiger partial charge in [-0.05, 0) is 24.5 Å². The first-order valence-electron chi connectivity index (χ1n) is 5.32. The second-order valence-corrected chi connectivity index (χ2v) is 4.34. The van der Waals surface area contributed by atoms with E-state index in [9.17, 15) is 9.18 Å². The van der Waals surface area contributed by atoms with Gasteiger partial charge in [-0.15, -0.1) is 0 Å². The first-order valence-corrected chi connectivity index (χ1v) is 5.32. The minimum atomic E-state index is -0.448. The summed E-state index contributed by atoms with van der Waals surface area (Å²) in [7, 11) is 0. The number of amides is 1. The average Bonchev–Trinajstić information content (AvgIpc) is 2.14. The van der Waals surface area contributed by atoms with Gasteiger partial charge in [0.1, 0.15) is 0 Å². The predicted octanol–water partition coefficient (Wildman–Crippen LogP) is 2.54. The third-order valence-corrected chi connectivity index (χ3v) is 2.14. The maximum absolute atomic E-state index is 13.7. The fraction of sp³-hybridized carbons (Fsp3) is 0.500. The highest BCUT2D eigenvalue weighted by Gasteiger charge is 2.18.